The Bertz CT molecular complexity index is 474. The number of nitrogens with zero attached hydrogens (tertiary/aromatic N) is 1. The van der Waals surface area contributed by atoms with E-state index < -0.39 is 0 Å². The van der Waals surface area contributed by atoms with Crippen molar-refractivity contribution in [1.29, 1.82) is 5.26 Å². The van der Waals surface area contributed by atoms with Crippen LogP contribution in [0.5, 0.6) is 0 Å². The summed E-state index contributed by atoms with van der Waals surface area (Å²) in [5.74, 6) is 0. The maximum Gasteiger partial charge on any atom is 0.101 e. The number of hydrogen-bond acceptors (Lipinski definition) is 1. The Kier molecular flexibility index (Phi) is 1.79. The molecule has 0 saturated heterocycles. The Morgan fingerprint density at radius 1 is 1.46 bits per heavy atom. The fourth-order valence-electron chi connectivity index (χ4n) is 1.49. The molecule has 0 saturated carbocycles. The van der Waals surface area contributed by atoms with E-state index >= 15 is 0 Å². The van der Waals surface area contributed by atoms with Crippen LogP contribution in [0.25, 0.3) is 10.9 Å². The summed E-state index contributed by atoms with van der Waals surface area (Å²) in [5.41, 5.74) is 3.06. The minimum absolute atomic E-state index is 0.720. The van der Waals surface area contributed by atoms with Gasteiger partial charge >= 0.3 is 0 Å². The van der Waals surface area contributed by atoms with Gasteiger partial charge < -0.3 is 4.98 Å². The number of nitriles is 1. The van der Waals surface area contributed by atoms with Crippen LogP contribution >= 0.6 is 0 Å². The van der Waals surface area contributed by atoms with Gasteiger partial charge in [-0.3, -0.25) is 0 Å². The molecule has 0 spiro atoms. The van der Waals surface area contributed by atoms with Gasteiger partial charge in [0.2, 0.25) is 0 Å². The molecule has 1 aromatic carbocycles. The second-order valence-electron chi connectivity index (χ2n) is 3.05. The van der Waals surface area contributed by atoms with Gasteiger partial charge in [-0.25, -0.2) is 0 Å². The molecule has 0 bridgehead atoms. The van der Waals surface area contributed by atoms with Gasteiger partial charge in [-0.15, -0.1) is 0 Å². The number of aromatic nitrogens is 1. The van der Waals surface area contributed by atoms with Crippen molar-refractivity contribution in [3.63, 3.8) is 0 Å². The molecule has 1 heterocycles. The van der Waals surface area contributed by atoms with Gasteiger partial charge in [0.15, 0.2) is 0 Å². The first kappa shape index (κ1) is 7.88. The van der Waals surface area contributed by atoms with Crippen LogP contribution in [0.3, 0.4) is 0 Å². The van der Waals surface area contributed by atoms with Crippen molar-refractivity contribution in [1.82, 2.24) is 4.98 Å². The Balaban J connectivity index is 2.70. The summed E-state index contributed by atoms with van der Waals surface area (Å²) in [7, 11) is 0. The lowest BCUT2D eigenvalue weighted by atomic mass is 10.1. The fourth-order valence-corrected chi connectivity index (χ4v) is 1.49. The van der Waals surface area contributed by atoms with Gasteiger partial charge in [-0.2, -0.15) is 5.26 Å². The molecule has 2 aromatic rings. The minimum atomic E-state index is 0.720. The number of aryl methyl sites for hydroxylation is 1. The van der Waals surface area contributed by atoms with Gasteiger partial charge in [0.25, 0.3) is 0 Å². The molecule has 2 heteroatoms. The number of rotatable bonds is 1. The molecule has 0 unspecified atom stereocenters. The third-order valence-electron chi connectivity index (χ3n) is 2.27. The summed E-state index contributed by atoms with van der Waals surface area (Å²) in [4.78, 5) is 3.09. The van der Waals surface area contributed by atoms with Crippen molar-refractivity contribution in [3.05, 3.63) is 35.5 Å². The van der Waals surface area contributed by atoms with E-state index in [1.165, 1.54) is 5.56 Å². The maximum absolute atomic E-state index is 8.78. The summed E-state index contributed by atoms with van der Waals surface area (Å²) in [6.07, 6.45) is 2.78. The Labute approximate surface area is 76.8 Å². The minimum Gasteiger partial charge on any atom is -0.360 e. The number of nitrogens with one attached hydrogen (secondary N) is 1. The number of hydrogen-bond donors (Lipinski definition) is 1. The van der Waals surface area contributed by atoms with Crippen LogP contribution in [0, 0.1) is 11.3 Å². The SMILES string of the molecule is CCc1ccc2c(C#N)c[nH]c2c1. The summed E-state index contributed by atoms with van der Waals surface area (Å²) >= 11 is 0. The van der Waals surface area contributed by atoms with Crippen LogP contribution in [-0.2, 0) is 6.42 Å². The molecule has 13 heavy (non-hydrogen) atoms. The van der Waals surface area contributed by atoms with E-state index in [-0.39, 0.29) is 0 Å². The largest absolute Gasteiger partial charge is 0.360 e. The number of benzene rings is 1. The lowest BCUT2D eigenvalue weighted by molar-refractivity contribution is 1.14. The summed E-state index contributed by atoms with van der Waals surface area (Å²) < 4.78 is 0. The highest BCUT2D eigenvalue weighted by atomic mass is 14.7. The molecular weight excluding hydrogens is 160 g/mol. The van der Waals surface area contributed by atoms with Crippen LogP contribution in [0.2, 0.25) is 0 Å². The second kappa shape index (κ2) is 2.95. The zero-order chi connectivity index (χ0) is 9.26. The van der Waals surface area contributed by atoms with Gasteiger partial charge in [-0.05, 0) is 18.1 Å². The van der Waals surface area contributed by atoms with Crippen molar-refractivity contribution in [2.75, 3.05) is 0 Å². The third-order valence-corrected chi connectivity index (χ3v) is 2.27. The van der Waals surface area contributed by atoms with E-state index in [9.17, 15) is 0 Å². The number of aromatic amines is 1. The van der Waals surface area contributed by atoms with E-state index in [2.05, 4.69) is 30.1 Å². The first-order valence-electron chi connectivity index (χ1n) is 4.35. The highest BCUT2D eigenvalue weighted by Crippen LogP contribution is 2.18. The predicted molar refractivity (Wildman–Crippen MR) is 52.4 cm³/mol. The van der Waals surface area contributed by atoms with Crippen molar-refractivity contribution in [3.8, 4) is 6.07 Å². The van der Waals surface area contributed by atoms with E-state index in [1.54, 1.807) is 6.20 Å². The van der Waals surface area contributed by atoms with E-state index in [0.717, 1.165) is 22.9 Å². The average Bonchev–Trinajstić information content (AvgIpc) is 2.59. The molecule has 0 aliphatic heterocycles. The molecule has 2 rings (SSSR count). The lowest BCUT2D eigenvalue weighted by Gasteiger charge is -1.95. The molecule has 0 aliphatic rings. The van der Waals surface area contributed by atoms with Crippen LogP contribution < -0.4 is 0 Å². The maximum atomic E-state index is 8.78. The van der Waals surface area contributed by atoms with Crippen LogP contribution in [0.15, 0.2) is 24.4 Å². The fraction of sp³-hybridized carbons (Fsp3) is 0.182. The molecule has 1 N–H and O–H groups in total. The standard InChI is InChI=1S/C11H10N2/c1-2-8-3-4-10-9(6-12)7-13-11(10)5-8/h3-5,7,13H,2H2,1H3. The predicted octanol–water partition coefficient (Wildman–Crippen LogP) is 2.60. The van der Waals surface area contributed by atoms with Crippen LogP contribution in [0.4, 0.5) is 0 Å². The Hall–Kier alpha value is -1.75. The van der Waals surface area contributed by atoms with Crippen molar-refractivity contribution >= 4 is 10.9 Å². The zero-order valence-corrected chi connectivity index (χ0v) is 7.46. The number of H-pyrrole nitrogens is 1. The molecule has 0 amide bonds. The molecular formula is C11H10N2. The van der Waals surface area contributed by atoms with E-state index in [4.69, 9.17) is 5.26 Å². The van der Waals surface area contributed by atoms with E-state index in [0.29, 0.717) is 0 Å². The van der Waals surface area contributed by atoms with Crippen molar-refractivity contribution in [2.45, 2.75) is 13.3 Å². The highest BCUT2D eigenvalue weighted by molar-refractivity contribution is 5.86. The summed E-state index contributed by atoms with van der Waals surface area (Å²) in [5, 5.41) is 9.79. The van der Waals surface area contributed by atoms with Crippen LogP contribution in [-0.4, -0.2) is 4.98 Å². The Morgan fingerprint density at radius 2 is 2.31 bits per heavy atom. The first-order valence-corrected chi connectivity index (χ1v) is 4.35. The van der Waals surface area contributed by atoms with Gasteiger partial charge in [0.05, 0.1) is 5.56 Å². The molecule has 0 radical (unpaired) electrons. The smallest absolute Gasteiger partial charge is 0.101 e. The van der Waals surface area contributed by atoms with Gasteiger partial charge in [-0.1, -0.05) is 19.1 Å². The first-order chi connectivity index (χ1) is 6.35. The lowest BCUT2D eigenvalue weighted by Crippen LogP contribution is -1.78. The topological polar surface area (TPSA) is 39.6 Å². The van der Waals surface area contributed by atoms with E-state index in [1.807, 2.05) is 6.07 Å². The second-order valence-corrected chi connectivity index (χ2v) is 3.05. The van der Waals surface area contributed by atoms with Crippen molar-refractivity contribution in [2.24, 2.45) is 0 Å². The number of fused-ring (bicyclic) bond motifs is 1. The summed E-state index contributed by atoms with van der Waals surface area (Å²) in [6, 6.07) is 8.32. The van der Waals surface area contributed by atoms with Crippen molar-refractivity contribution < 1.29 is 0 Å². The molecule has 1 aromatic heterocycles. The third kappa shape index (κ3) is 1.19. The van der Waals surface area contributed by atoms with Gasteiger partial charge in [0.1, 0.15) is 6.07 Å². The van der Waals surface area contributed by atoms with Crippen LogP contribution in [0.1, 0.15) is 18.1 Å². The quantitative estimate of drug-likeness (QED) is 0.702. The molecule has 2 nitrogen and oxygen atoms in total. The molecule has 64 valence electrons. The molecule has 0 fully saturated rings. The van der Waals surface area contributed by atoms with Gasteiger partial charge in [0, 0.05) is 17.1 Å². The highest BCUT2D eigenvalue weighted by Gasteiger charge is 2.01. The zero-order valence-electron chi connectivity index (χ0n) is 7.46. The summed E-state index contributed by atoms with van der Waals surface area (Å²) in [6.45, 7) is 2.12. The average molecular weight is 170 g/mol. The molecule has 0 aliphatic carbocycles. The molecule has 0 atom stereocenters. The monoisotopic (exact) mass is 170 g/mol. The Morgan fingerprint density at radius 3 is 3.00 bits per heavy atom. The normalized spacial score (nSPS) is 10.2.